The molecule has 2 heteroatoms. The molecule has 1 unspecified atom stereocenters. The SMILES string of the molecule is CCCNC(CSC)c1ccccc1C1CCC1. The van der Waals surface area contributed by atoms with E-state index in [1.807, 2.05) is 11.8 Å². The average Bonchev–Trinajstić information content (AvgIpc) is 2.33. The fourth-order valence-electron chi connectivity index (χ4n) is 2.66. The molecule has 1 aliphatic carbocycles. The summed E-state index contributed by atoms with van der Waals surface area (Å²) in [5.74, 6) is 2.00. The minimum atomic E-state index is 0.525. The van der Waals surface area contributed by atoms with Gasteiger partial charge < -0.3 is 5.32 Å². The summed E-state index contributed by atoms with van der Waals surface area (Å²) in [6.07, 6.45) is 7.59. The van der Waals surface area contributed by atoms with Gasteiger partial charge in [-0.1, -0.05) is 37.6 Å². The summed E-state index contributed by atoms with van der Waals surface area (Å²) in [5.41, 5.74) is 3.15. The van der Waals surface area contributed by atoms with Crippen LogP contribution in [0.4, 0.5) is 0 Å². The fourth-order valence-corrected chi connectivity index (χ4v) is 3.29. The van der Waals surface area contributed by atoms with Crippen LogP contribution in [0.2, 0.25) is 0 Å². The molecule has 0 aliphatic heterocycles. The Morgan fingerprint density at radius 1 is 1.33 bits per heavy atom. The summed E-state index contributed by atoms with van der Waals surface area (Å²) < 4.78 is 0. The van der Waals surface area contributed by atoms with E-state index in [2.05, 4.69) is 42.8 Å². The van der Waals surface area contributed by atoms with Crippen LogP contribution in [0.3, 0.4) is 0 Å². The predicted octanol–water partition coefficient (Wildman–Crippen LogP) is 4.36. The largest absolute Gasteiger partial charge is 0.309 e. The molecule has 0 bridgehead atoms. The Morgan fingerprint density at radius 3 is 2.72 bits per heavy atom. The second kappa shape index (κ2) is 7.20. The normalized spacial score (nSPS) is 17.4. The van der Waals surface area contributed by atoms with Crippen molar-refractivity contribution in [3.8, 4) is 0 Å². The number of thioether (sulfide) groups is 1. The Kier molecular flexibility index (Phi) is 5.58. The first-order valence-electron chi connectivity index (χ1n) is 7.18. The highest BCUT2D eigenvalue weighted by Crippen LogP contribution is 2.39. The summed E-state index contributed by atoms with van der Waals surface area (Å²) in [7, 11) is 0. The molecule has 1 fully saturated rings. The van der Waals surface area contributed by atoms with E-state index in [9.17, 15) is 0 Å². The molecule has 0 saturated heterocycles. The molecule has 100 valence electrons. The summed E-state index contributed by atoms with van der Waals surface area (Å²) >= 11 is 1.94. The molecule has 0 heterocycles. The van der Waals surface area contributed by atoms with Crippen LogP contribution in [0.15, 0.2) is 24.3 Å². The van der Waals surface area contributed by atoms with Crippen molar-refractivity contribution in [3.63, 3.8) is 0 Å². The van der Waals surface area contributed by atoms with Crippen LogP contribution in [0.25, 0.3) is 0 Å². The molecule has 1 saturated carbocycles. The molecule has 1 atom stereocenters. The molecule has 0 radical (unpaired) electrons. The molecular weight excluding hydrogens is 238 g/mol. The summed E-state index contributed by atoms with van der Waals surface area (Å²) in [5, 5.41) is 3.71. The molecule has 18 heavy (non-hydrogen) atoms. The second-order valence-electron chi connectivity index (χ2n) is 5.22. The number of hydrogen-bond donors (Lipinski definition) is 1. The first-order chi connectivity index (χ1) is 8.86. The van der Waals surface area contributed by atoms with Gasteiger partial charge in [0, 0.05) is 11.8 Å². The van der Waals surface area contributed by atoms with Gasteiger partial charge in [0.05, 0.1) is 0 Å². The van der Waals surface area contributed by atoms with Crippen molar-refractivity contribution in [1.29, 1.82) is 0 Å². The first-order valence-corrected chi connectivity index (χ1v) is 8.57. The van der Waals surface area contributed by atoms with Gasteiger partial charge >= 0.3 is 0 Å². The van der Waals surface area contributed by atoms with E-state index >= 15 is 0 Å². The number of nitrogens with one attached hydrogen (secondary N) is 1. The summed E-state index contributed by atoms with van der Waals surface area (Å²) in [6, 6.07) is 9.60. The van der Waals surface area contributed by atoms with E-state index < -0.39 is 0 Å². The standard InChI is InChI=1S/C16H25NS/c1-3-11-17-16(12-18-2)15-10-5-4-9-14(15)13-7-6-8-13/h4-5,9-10,13,16-17H,3,6-8,11-12H2,1-2H3. The van der Waals surface area contributed by atoms with E-state index in [4.69, 9.17) is 0 Å². The predicted molar refractivity (Wildman–Crippen MR) is 82.5 cm³/mol. The fraction of sp³-hybridized carbons (Fsp3) is 0.625. The molecule has 2 rings (SSSR count). The maximum Gasteiger partial charge on any atom is 0.0414 e. The minimum Gasteiger partial charge on any atom is -0.309 e. The van der Waals surface area contributed by atoms with E-state index in [-0.39, 0.29) is 0 Å². The number of rotatable bonds is 7. The Balaban J connectivity index is 2.16. The molecular formula is C16H25NS. The van der Waals surface area contributed by atoms with Gasteiger partial charge in [-0.05, 0) is 49.1 Å². The van der Waals surface area contributed by atoms with Gasteiger partial charge in [-0.3, -0.25) is 0 Å². The van der Waals surface area contributed by atoms with E-state index in [1.54, 1.807) is 11.1 Å². The summed E-state index contributed by atoms with van der Waals surface area (Å²) in [6.45, 7) is 3.35. The van der Waals surface area contributed by atoms with Gasteiger partial charge in [0.25, 0.3) is 0 Å². The second-order valence-corrected chi connectivity index (χ2v) is 6.13. The van der Waals surface area contributed by atoms with Crippen molar-refractivity contribution < 1.29 is 0 Å². The zero-order chi connectivity index (χ0) is 12.8. The maximum absolute atomic E-state index is 3.71. The Hall–Kier alpha value is -0.470. The van der Waals surface area contributed by atoms with Crippen molar-refractivity contribution in [2.45, 2.75) is 44.6 Å². The molecule has 1 aliphatic rings. The quantitative estimate of drug-likeness (QED) is 0.784. The van der Waals surface area contributed by atoms with Crippen LogP contribution in [0.5, 0.6) is 0 Å². The third kappa shape index (κ3) is 3.30. The molecule has 1 aromatic carbocycles. The van der Waals surface area contributed by atoms with Gasteiger partial charge in [0.1, 0.15) is 0 Å². The van der Waals surface area contributed by atoms with E-state index in [1.165, 1.54) is 31.4 Å². The highest BCUT2D eigenvalue weighted by atomic mass is 32.2. The van der Waals surface area contributed by atoms with Crippen LogP contribution in [0, 0.1) is 0 Å². The van der Waals surface area contributed by atoms with Crippen molar-refractivity contribution in [2.24, 2.45) is 0 Å². The average molecular weight is 263 g/mol. The van der Waals surface area contributed by atoms with Gasteiger partial charge in [0.2, 0.25) is 0 Å². The lowest BCUT2D eigenvalue weighted by atomic mass is 9.77. The summed E-state index contributed by atoms with van der Waals surface area (Å²) in [4.78, 5) is 0. The molecule has 1 aromatic rings. The zero-order valence-electron chi connectivity index (χ0n) is 11.6. The van der Waals surface area contributed by atoms with Gasteiger partial charge in [-0.25, -0.2) is 0 Å². The van der Waals surface area contributed by atoms with Crippen LogP contribution in [-0.2, 0) is 0 Å². The molecule has 0 aromatic heterocycles. The van der Waals surface area contributed by atoms with Gasteiger partial charge in [-0.2, -0.15) is 11.8 Å². The topological polar surface area (TPSA) is 12.0 Å². The van der Waals surface area contributed by atoms with Crippen molar-refractivity contribution in [3.05, 3.63) is 35.4 Å². The van der Waals surface area contributed by atoms with Crippen LogP contribution in [-0.4, -0.2) is 18.6 Å². The maximum atomic E-state index is 3.71. The lowest BCUT2D eigenvalue weighted by Gasteiger charge is -2.30. The van der Waals surface area contributed by atoms with Crippen molar-refractivity contribution in [2.75, 3.05) is 18.6 Å². The lowest BCUT2D eigenvalue weighted by Crippen LogP contribution is -2.26. The van der Waals surface area contributed by atoms with Crippen LogP contribution < -0.4 is 5.32 Å². The highest BCUT2D eigenvalue weighted by Gasteiger charge is 2.24. The lowest BCUT2D eigenvalue weighted by molar-refractivity contribution is 0.413. The smallest absolute Gasteiger partial charge is 0.0414 e. The van der Waals surface area contributed by atoms with Crippen LogP contribution in [0.1, 0.15) is 55.7 Å². The van der Waals surface area contributed by atoms with Crippen LogP contribution >= 0.6 is 11.8 Å². The highest BCUT2D eigenvalue weighted by molar-refractivity contribution is 7.98. The third-order valence-corrected chi connectivity index (χ3v) is 4.56. The minimum absolute atomic E-state index is 0.525. The van der Waals surface area contributed by atoms with E-state index in [0.717, 1.165) is 12.5 Å². The molecule has 1 N–H and O–H groups in total. The number of hydrogen-bond acceptors (Lipinski definition) is 2. The zero-order valence-corrected chi connectivity index (χ0v) is 12.4. The van der Waals surface area contributed by atoms with Gasteiger partial charge in [-0.15, -0.1) is 0 Å². The third-order valence-electron chi connectivity index (χ3n) is 3.89. The molecule has 0 spiro atoms. The Bertz CT molecular complexity index is 360. The monoisotopic (exact) mass is 263 g/mol. The molecule has 1 nitrogen and oxygen atoms in total. The Morgan fingerprint density at radius 2 is 2.11 bits per heavy atom. The molecule has 0 amide bonds. The van der Waals surface area contributed by atoms with Crippen molar-refractivity contribution >= 4 is 11.8 Å². The van der Waals surface area contributed by atoms with Gasteiger partial charge in [0.15, 0.2) is 0 Å². The number of benzene rings is 1. The first kappa shape index (κ1) is 14.0. The Labute approximate surface area is 116 Å². The van der Waals surface area contributed by atoms with E-state index in [0.29, 0.717) is 6.04 Å². The van der Waals surface area contributed by atoms with Crippen molar-refractivity contribution in [1.82, 2.24) is 5.32 Å².